The Bertz CT molecular complexity index is 1540. The number of benzene rings is 2. The van der Waals surface area contributed by atoms with E-state index in [1.54, 1.807) is 20.0 Å². The number of fused-ring (bicyclic) bond motifs is 1. The van der Waals surface area contributed by atoms with Gasteiger partial charge in [0.1, 0.15) is 18.1 Å². The maximum Gasteiger partial charge on any atom is 0.350 e. The summed E-state index contributed by atoms with van der Waals surface area (Å²) in [6.45, 7) is 11.2. The summed E-state index contributed by atoms with van der Waals surface area (Å²) in [6, 6.07) is 8.38. The van der Waals surface area contributed by atoms with E-state index < -0.39 is 18.1 Å². The maximum absolute atomic E-state index is 15.3. The predicted octanol–water partition coefficient (Wildman–Crippen LogP) is 3.64. The van der Waals surface area contributed by atoms with Gasteiger partial charge in [0.15, 0.2) is 5.82 Å². The van der Waals surface area contributed by atoms with E-state index in [0.717, 1.165) is 21.9 Å². The van der Waals surface area contributed by atoms with Crippen LogP contribution in [0.1, 0.15) is 36.4 Å². The summed E-state index contributed by atoms with van der Waals surface area (Å²) in [5.41, 5.74) is 2.89. The van der Waals surface area contributed by atoms with Crippen molar-refractivity contribution in [2.75, 3.05) is 0 Å². The molecule has 170 valence electrons. The van der Waals surface area contributed by atoms with Gasteiger partial charge in [0, 0.05) is 18.3 Å². The average molecular weight is 448 g/mol. The molecule has 4 aromatic rings. The lowest BCUT2D eigenvalue weighted by atomic mass is 10.0. The summed E-state index contributed by atoms with van der Waals surface area (Å²) in [5, 5.41) is 14.3. The molecule has 8 heteroatoms. The molecule has 0 atom stereocenters. The number of aryl methyl sites for hydroxylation is 2. The van der Waals surface area contributed by atoms with Gasteiger partial charge in [0.25, 0.3) is 5.56 Å². The first kappa shape index (κ1) is 22.4. The van der Waals surface area contributed by atoms with Crippen molar-refractivity contribution < 1.29 is 9.50 Å². The molecule has 4 rings (SSSR count). The Labute approximate surface area is 189 Å². The van der Waals surface area contributed by atoms with E-state index in [9.17, 15) is 14.7 Å². The molecule has 0 aliphatic carbocycles. The quantitative estimate of drug-likeness (QED) is 0.505. The molecule has 0 unspecified atom stereocenters. The molecule has 0 fully saturated rings. The van der Waals surface area contributed by atoms with Crippen molar-refractivity contribution >= 4 is 16.3 Å². The maximum atomic E-state index is 15.3. The van der Waals surface area contributed by atoms with E-state index in [1.807, 2.05) is 32.0 Å². The number of nitrogens with zero attached hydrogens (tertiary/aromatic N) is 4. The molecule has 0 aliphatic rings. The van der Waals surface area contributed by atoms with Gasteiger partial charge in [-0.15, -0.1) is 5.10 Å². The summed E-state index contributed by atoms with van der Waals surface area (Å²) in [7, 11) is 0. The summed E-state index contributed by atoms with van der Waals surface area (Å²) in [4.78, 5) is 26.2. The second-order valence-corrected chi connectivity index (χ2v) is 8.15. The van der Waals surface area contributed by atoms with Gasteiger partial charge in [-0.1, -0.05) is 18.7 Å². The number of hydrogen-bond acceptors (Lipinski definition) is 4. The van der Waals surface area contributed by atoms with Gasteiger partial charge in [-0.25, -0.2) is 9.18 Å². The fourth-order valence-electron chi connectivity index (χ4n) is 4.04. The van der Waals surface area contributed by atoms with E-state index in [4.69, 9.17) is 0 Å². The van der Waals surface area contributed by atoms with Crippen LogP contribution in [0.25, 0.3) is 27.7 Å². The number of aliphatic hydroxyl groups excluding tert-OH is 1. The Morgan fingerprint density at radius 1 is 1.12 bits per heavy atom. The van der Waals surface area contributed by atoms with Crippen molar-refractivity contribution in [3.63, 3.8) is 0 Å². The van der Waals surface area contributed by atoms with Gasteiger partial charge < -0.3 is 5.11 Å². The van der Waals surface area contributed by atoms with Crippen LogP contribution in [-0.4, -0.2) is 24.0 Å². The second kappa shape index (κ2) is 8.29. The van der Waals surface area contributed by atoms with Crippen LogP contribution in [0.3, 0.4) is 0 Å². The van der Waals surface area contributed by atoms with Gasteiger partial charge in [-0.2, -0.15) is 4.68 Å². The number of aromatic nitrogens is 4. The number of halogens is 1. The first-order valence-corrected chi connectivity index (χ1v) is 10.6. The zero-order chi connectivity index (χ0) is 24.0. The molecule has 2 aromatic heterocycles. The lowest BCUT2D eigenvalue weighted by Crippen LogP contribution is -2.25. The SMILES string of the molecule is C=C(C)c1cn(-c2cc(C)ccc2C)c(=O)c2cc(F)c(-n3nc(CO)n(CC)c3=O)cc12. The molecule has 0 radical (unpaired) electrons. The highest BCUT2D eigenvalue weighted by atomic mass is 19.1. The third kappa shape index (κ3) is 3.62. The normalized spacial score (nSPS) is 11.3. The fourth-order valence-corrected chi connectivity index (χ4v) is 4.04. The highest BCUT2D eigenvalue weighted by molar-refractivity contribution is 5.94. The fraction of sp³-hybridized carbons (Fsp3) is 0.240. The molecule has 0 aliphatic heterocycles. The Balaban J connectivity index is 2.07. The summed E-state index contributed by atoms with van der Waals surface area (Å²) >= 11 is 0. The molecule has 0 spiro atoms. The van der Waals surface area contributed by atoms with Crippen LogP contribution in [0, 0.1) is 19.7 Å². The lowest BCUT2D eigenvalue weighted by molar-refractivity contribution is 0.264. The van der Waals surface area contributed by atoms with Gasteiger partial charge >= 0.3 is 5.69 Å². The van der Waals surface area contributed by atoms with Crippen molar-refractivity contribution in [2.45, 2.75) is 40.8 Å². The molecule has 0 saturated heterocycles. The number of rotatable bonds is 5. The Kier molecular flexibility index (Phi) is 5.63. The van der Waals surface area contributed by atoms with Crippen LogP contribution in [0.4, 0.5) is 4.39 Å². The Hall–Kier alpha value is -3.78. The highest BCUT2D eigenvalue weighted by Gasteiger charge is 2.20. The lowest BCUT2D eigenvalue weighted by Gasteiger charge is -2.16. The van der Waals surface area contributed by atoms with Crippen LogP contribution in [0.5, 0.6) is 0 Å². The predicted molar refractivity (Wildman–Crippen MR) is 127 cm³/mol. The van der Waals surface area contributed by atoms with Crippen LogP contribution in [-0.2, 0) is 13.2 Å². The number of pyridine rings is 1. The van der Waals surface area contributed by atoms with Crippen LogP contribution >= 0.6 is 0 Å². The van der Waals surface area contributed by atoms with Gasteiger partial charge in [0.05, 0.1) is 11.1 Å². The van der Waals surface area contributed by atoms with Crippen molar-refractivity contribution in [1.29, 1.82) is 0 Å². The molecule has 33 heavy (non-hydrogen) atoms. The summed E-state index contributed by atoms with van der Waals surface area (Å²) < 4.78 is 19.0. The average Bonchev–Trinajstić information content (AvgIpc) is 3.10. The third-order valence-electron chi connectivity index (χ3n) is 5.79. The molecule has 2 heterocycles. The molecular weight excluding hydrogens is 423 g/mol. The third-order valence-corrected chi connectivity index (χ3v) is 5.79. The zero-order valence-electron chi connectivity index (χ0n) is 19.0. The first-order chi connectivity index (χ1) is 15.7. The monoisotopic (exact) mass is 448 g/mol. The molecule has 1 N–H and O–H groups in total. The van der Waals surface area contributed by atoms with Gasteiger partial charge in [0.2, 0.25) is 0 Å². The minimum atomic E-state index is -0.765. The van der Waals surface area contributed by atoms with Crippen LogP contribution in [0.2, 0.25) is 0 Å². The Morgan fingerprint density at radius 3 is 2.45 bits per heavy atom. The van der Waals surface area contributed by atoms with Gasteiger partial charge in [-0.05, 0) is 68.0 Å². The molecule has 0 saturated carbocycles. The van der Waals surface area contributed by atoms with E-state index >= 15 is 4.39 Å². The second-order valence-electron chi connectivity index (χ2n) is 8.15. The van der Waals surface area contributed by atoms with Crippen LogP contribution < -0.4 is 11.2 Å². The molecule has 2 aromatic carbocycles. The van der Waals surface area contributed by atoms with Crippen molar-refractivity contribution in [2.24, 2.45) is 0 Å². The van der Waals surface area contributed by atoms with Crippen molar-refractivity contribution in [1.82, 2.24) is 18.9 Å². The number of aliphatic hydroxyl groups is 1. The molecule has 0 bridgehead atoms. The van der Waals surface area contributed by atoms with Crippen molar-refractivity contribution in [3.8, 4) is 11.4 Å². The van der Waals surface area contributed by atoms with E-state index in [1.165, 1.54) is 15.2 Å². The standard InChI is InChI=1S/C25H25FN4O3/c1-6-28-23(13-31)27-30(25(28)33)22-11-17-18(10-20(22)26)24(32)29(12-19(17)14(2)3)21-9-15(4)7-8-16(21)5/h7-12,31H,2,6,13H2,1,3-5H3. The largest absolute Gasteiger partial charge is 0.388 e. The number of allylic oxidation sites excluding steroid dienone is 1. The smallest absolute Gasteiger partial charge is 0.350 e. The first-order valence-electron chi connectivity index (χ1n) is 10.6. The van der Waals surface area contributed by atoms with Gasteiger partial charge in [-0.3, -0.25) is 13.9 Å². The molecule has 7 nitrogen and oxygen atoms in total. The Morgan fingerprint density at radius 2 is 1.85 bits per heavy atom. The van der Waals surface area contributed by atoms with E-state index in [0.29, 0.717) is 22.2 Å². The van der Waals surface area contributed by atoms with E-state index in [-0.39, 0.29) is 29.0 Å². The van der Waals surface area contributed by atoms with E-state index in [2.05, 4.69) is 11.7 Å². The molecule has 0 amide bonds. The summed E-state index contributed by atoms with van der Waals surface area (Å²) in [5.74, 6) is -0.634. The van der Waals surface area contributed by atoms with Crippen LogP contribution in [0.15, 0.2) is 52.7 Å². The highest BCUT2D eigenvalue weighted by Crippen LogP contribution is 2.27. The summed E-state index contributed by atoms with van der Waals surface area (Å²) in [6.07, 6.45) is 1.70. The van der Waals surface area contributed by atoms with Crippen molar-refractivity contribution in [3.05, 3.63) is 92.3 Å². The number of hydrogen-bond donors (Lipinski definition) is 1. The minimum absolute atomic E-state index is 0.0965. The topological polar surface area (TPSA) is 82.0 Å². The minimum Gasteiger partial charge on any atom is -0.388 e. The zero-order valence-corrected chi connectivity index (χ0v) is 19.0. The molecular formula is C25H25FN4O3.